The predicted molar refractivity (Wildman–Crippen MR) is 121 cm³/mol. The van der Waals surface area contributed by atoms with Crippen molar-refractivity contribution in [2.75, 3.05) is 6.61 Å². The van der Waals surface area contributed by atoms with Gasteiger partial charge in [0.25, 0.3) is 0 Å². The maximum Gasteiger partial charge on any atom is 0.244 e. The molecule has 1 aromatic heterocycles. The monoisotopic (exact) mass is 430 g/mol. The average molecular weight is 431 g/mol. The molecule has 7 nitrogen and oxygen atoms in total. The van der Waals surface area contributed by atoms with E-state index in [2.05, 4.69) is 23.2 Å². The van der Waals surface area contributed by atoms with Gasteiger partial charge < -0.3 is 19.9 Å². The molecule has 2 heterocycles. The smallest absolute Gasteiger partial charge is 0.244 e. The molecule has 0 saturated carbocycles. The summed E-state index contributed by atoms with van der Waals surface area (Å²) >= 11 is 0. The molecule has 0 aliphatic carbocycles. The van der Waals surface area contributed by atoms with E-state index in [1.54, 1.807) is 0 Å². The van der Waals surface area contributed by atoms with Crippen molar-refractivity contribution in [1.82, 2.24) is 10.2 Å². The number of ether oxygens (including phenoxy) is 3. The zero-order chi connectivity index (χ0) is 22.7. The molecular weight excluding hydrogens is 404 g/mol. The van der Waals surface area contributed by atoms with Gasteiger partial charge in [0.1, 0.15) is 23.1 Å². The van der Waals surface area contributed by atoms with E-state index >= 15 is 0 Å². The van der Waals surface area contributed by atoms with Gasteiger partial charge in [-0.3, -0.25) is 5.10 Å². The van der Waals surface area contributed by atoms with Crippen LogP contribution >= 0.6 is 0 Å². The predicted octanol–water partition coefficient (Wildman–Crippen LogP) is 4.87. The van der Waals surface area contributed by atoms with E-state index in [9.17, 15) is 5.26 Å². The van der Waals surface area contributed by atoms with Gasteiger partial charge in [-0.05, 0) is 62.2 Å². The standard InChI is InChI=1S/C25H26N4O3/c1-4-13-30-18-9-7-17(8-10-18)23-22-21(16-5-11-19(12-6-16)31-15(2)3)20(14-26)24(27)32-25(22)29-28-23/h5-12,15,21H,4,13,27H2,1-3H3,(H,28,29)/t21-/m1/s1. The van der Waals surface area contributed by atoms with Crippen molar-refractivity contribution in [3.05, 3.63) is 71.1 Å². The highest BCUT2D eigenvalue weighted by Crippen LogP contribution is 2.45. The molecule has 4 rings (SSSR count). The Balaban J connectivity index is 1.75. The summed E-state index contributed by atoms with van der Waals surface area (Å²) in [7, 11) is 0. The van der Waals surface area contributed by atoms with E-state index in [1.807, 2.05) is 62.4 Å². The quantitative estimate of drug-likeness (QED) is 0.554. The third-order valence-electron chi connectivity index (χ3n) is 5.14. The molecule has 0 radical (unpaired) electrons. The fourth-order valence-electron chi connectivity index (χ4n) is 3.75. The molecule has 1 aliphatic heterocycles. The van der Waals surface area contributed by atoms with Crippen molar-refractivity contribution >= 4 is 0 Å². The number of H-pyrrole nitrogens is 1. The third kappa shape index (κ3) is 4.12. The number of allylic oxidation sites excluding steroid dienone is 1. The summed E-state index contributed by atoms with van der Waals surface area (Å²) in [6.07, 6.45) is 1.02. The SMILES string of the molecule is CCCOc1ccc(-c2[nH]nc3c2[C@H](c2ccc(OC(C)C)cc2)C(C#N)=C(N)O3)cc1. The lowest BCUT2D eigenvalue weighted by atomic mass is 9.83. The maximum atomic E-state index is 9.87. The van der Waals surface area contributed by atoms with Crippen LogP contribution in [0.25, 0.3) is 11.3 Å². The Kier molecular flexibility index (Phi) is 6.04. The highest BCUT2D eigenvalue weighted by Gasteiger charge is 2.35. The van der Waals surface area contributed by atoms with E-state index in [1.165, 1.54) is 0 Å². The van der Waals surface area contributed by atoms with Crippen LogP contribution in [0.1, 0.15) is 44.2 Å². The summed E-state index contributed by atoms with van der Waals surface area (Å²) in [5.41, 5.74) is 9.79. The van der Waals surface area contributed by atoms with Crippen molar-refractivity contribution in [3.63, 3.8) is 0 Å². The van der Waals surface area contributed by atoms with Crippen LogP contribution < -0.4 is 19.9 Å². The summed E-state index contributed by atoms with van der Waals surface area (Å²) in [6.45, 7) is 6.69. The molecule has 1 atom stereocenters. The Morgan fingerprint density at radius 1 is 1.12 bits per heavy atom. The summed E-state index contributed by atoms with van der Waals surface area (Å²) < 4.78 is 17.1. The Labute approximate surface area is 187 Å². The molecule has 3 aromatic rings. The van der Waals surface area contributed by atoms with Crippen molar-refractivity contribution in [1.29, 1.82) is 5.26 Å². The number of rotatable bonds is 7. The average Bonchev–Trinajstić information content (AvgIpc) is 3.20. The molecule has 2 aromatic carbocycles. The number of aromatic nitrogens is 2. The number of nitrogens with zero attached hydrogens (tertiary/aromatic N) is 2. The second kappa shape index (κ2) is 9.06. The van der Waals surface area contributed by atoms with Gasteiger partial charge in [0.05, 0.1) is 29.9 Å². The molecule has 164 valence electrons. The van der Waals surface area contributed by atoms with E-state index in [0.29, 0.717) is 18.1 Å². The van der Waals surface area contributed by atoms with Gasteiger partial charge in [0.2, 0.25) is 11.8 Å². The van der Waals surface area contributed by atoms with E-state index < -0.39 is 5.92 Å². The van der Waals surface area contributed by atoms with Gasteiger partial charge in [-0.1, -0.05) is 19.1 Å². The number of benzene rings is 2. The molecule has 0 spiro atoms. The number of nitrogens with one attached hydrogen (secondary N) is 1. The fourth-order valence-corrected chi connectivity index (χ4v) is 3.75. The molecule has 0 bridgehead atoms. The van der Waals surface area contributed by atoms with Crippen molar-refractivity contribution in [3.8, 4) is 34.7 Å². The van der Waals surface area contributed by atoms with E-state index in [4.69, 9.17) is 19.9 Å². The lowest BCUT2D eigenvalue weighted by Gasteiger charge is -2.24. The van der Waals surface area contributed by atoms with Crippen LogP contribution in [-0.2, 0) is 0 Å². The van der Waals surface area contributed by atoms with Gasteiger partial charge in [-0.2, -0.15) is 5.26 Å². The Bertz CT molecular complexity index is 1160. The first-order chi connectivity index (χ1) is 15.5. The van der Waals surface area contributed by atoms with Gasteiger partial charge in [0, 0.05) is 5.56 Å². The number of nitrogens with two attached hydrogens (primary N) is 1. The van der Waals surface area contributed by atoms with E-state index in [-0.39, 0.29) is 12.0 Å². The number of hydrogen-bond donors (Lipinski definition) is 2. The number of hydrogen-bond acceptors (Lipinski definition) is 6. The second-order valence-electron chi connectivity index (χ2n) is 7.85. The van der Waals surface area contributed by atoms with Gasteiger partial charge in [0.15, 0.2) is 0 Å². The molecule has 0 fully saturated rings. The minimum absolute atomic E-state index is 0.0638. The fraction of sp³-hybridized carbons (Fsp3) is 0.280. The van der Waals surface area contributed by atoms with Crippen LogP contribution in [0.5, 0.6) is 17.4 Å². The van der Waals surface area contributed by atoms with Gasteiger partial charge in [-0.25, -0.2) is 0 Å². The van der Waals surface area contributed by atoms with Crippen molar-refractivity contribution in [2.45, 2.75) is 39.2 Å². The third-order valence-corrected chi connectivity index (χ3v) is 5.14. The minimum Gasteiger partial charge on any atom is -0.494 e. The highest BCUT2D eigenvalue weighted by molar-refractivity contribution is 5.71. The number of aromatic amines is 1. The highest BCUT2D eigenvalue weighted by atomic mass is 16.5. The van der Waals surface area contributed by atoms with Crippen LogP contribution in [0.2, 0.25) is 0 Å². The second-order valence-corrected chi connectivity index (χ2v) is 7.85. The number of nitriles is 1. The van der Waals surface area contributed by atoms with Crippen LogP contribution in [0.4, 0.5) is 0 Å². The lowest BCUT2D eigenvalue weighted by molar-refractivity contribution is 0.242. The largest absolute Gasteiger partial charge is 0.494 e. The molecule has 0 saturated heterocycles. The molecule has 0 unspecified atom stereocenters. The zero-order valence-corrected chi connectivity index (χ0v) is 18.4. The van der Waals surface area contributed by atoms with E-state index in [0.717, 1.165) is 40.3 Å². The van der Waals surface area contributed by atoms with Gasteiger partial charge in [-0.15, -0.1) is 5.10 Å². The molecule has 3 N–H and O–H groups in total. The minimum atomic E-state index is -0.415. The zero-order valence-electron chi connectivity index (χ0n) is 18.4. The summed E-state index contributed by atoms with van der Waals surface area (Å²) in [5, 5.41) is 17.3. The Morgan fingerprint density at radius 2 is 1.81 bits per heavy atom. The van der Waals surface area contributed by atoms with Crippen molar-refractivity contribution in [2.24, 2.45) is 5.73 Å². The molecule has 0 amide bonds. The first kappa shape index (κ1) is 21.3. The molecule has 1 aliphatic rings. The first-order valence-electron chi connectivity index (χ1n) is 10.7. The number of fused-ring (bicyclic) bond motifs is 1. The molecular formula is C25H26N4O3. The van der Waals surface area contributed by atoms with Crippen LogP contribution in [0, 0.1) is 11.3 Å². The molecule has 32 heavy (non-hydrogen) atoms. The van der Waals surface area contributed by atoms with Crippen LogP contribution in [0.15, 0.2) is 60.0 Å². The van der Waals surface area contributed by atoms with Crippen LogP contribution in [-0.4, -0.2) is 22.9 Å². The van der Waals surface area contributed by atoms with Gasteiger partial charge >= 0.3 is 0 Å². The summed E-state index contributed by atoms with van der Waals surface area (Å²) in [5.74, 6) is 1.59. The maximum absolute atomic E-state index is 9.87. The Hall–Kier alpha value is -3.92. The molecule has 7 heteroatoms. The summed E-state index contributed by atoms with van der Waals surface area (Å²) in [6, 6.07) is 17.7. The Morgan fingerprint density at radius 3 is 2.44 bits per heavy atom. The summed E-state index contributed by atoms with van der Waals surface area (Å²) in [4.78, 5) is 0. The van der Waals surface area contributed by atoms with Crippen LogP contribution in [0.3, 0.4) is 0 Å². The first-order valence-corrected chi connectivity index (χ1v) is 10.7. The van der Waals surface area contributed by atoms with Crippen molar-refractivity contribution < 1.29 is 14.2 Å². The topological polar surface area (TPSA) is 106 Å². The lowest BCUT2D eigenvalue weighted by Crippen LogP contribution is -2.21. The normalized spacial score (nSPS) is 15.2.